The molecule has 22 nitrogen and oxygen atoms in total. The Balaban J connectivity index is 0.000000217. The third-order valence-electron chi connectivity index (χ3n) is 14.2. The van der Waals surface area contributed by atoms with E-state index in [-0.39, 0.29) is 83.7 Å². The summed E-state index contributed by atoms with van der Waals surface area (Å²) in [6, 6.07) is 3.66. The monoisotopic (exact) mass is 1010 g/mol. The number of primary amides is 2. The van der Waals surface area contributed by atoms with Crippen LogP contribution in [0.2, 0.25) is 0 Å². The van der Waals surface area contributed by atoms with Crippen molar-refractivity contribution in [2.75, 3.05) is 28.2 Å². The van der Waals surface area contributed by atoms with E-state index in [4.69, 9.17) is 17.2 Å². The molecule has 0 bridgehead atoms. The molecule has 23 heteroatoms. The van der Waals surface area contributed by atoms with Crippen LogP contribution in [0.4, 0.5) is 0 Å². The highest BCUT2D eigenvalue weighted by molar-refractivity contribution is 6.62. The minimum atomic E-state index is -2.67. The number of benzene rings is 2. The van der Waals surface area contributed by atoms with Gasteiger partial charge in [-0.1, -0.05) is 12.1 Å². The number of rotatable bonds is 7. The lowest BCUT2D eigenvalue weighted by molar-refractivity contribution is -0.155. The molecule has 0 radical (unpaired) electrons. The number of likely N-dealkylation sites (N-methyl/N-ethyl adjacent to an activating group) is 2. The van der Waals surface area contributed by atoms with E-state index in [1.54, 1.807) is 26.2 Å². The average molecular weight is 1010 g/mol. The predicted molar refractivity (Wildman–Crippen MR) is 250 cm³/mol. The number of nitrogens with zero attached hydrogens (tertiary/aromatic N) is 2. The summed E-state index contributed by atoms with van der Waals surface area (Å²) in [6.07, 6.45) is 0.444. The molecule has 8 rings (SSSR count). The van der Waals surface area contributed by atoms with Crippen LogP contribution in [0, 0.1) is 23.7 Å². The molecule has 2 aromatic carbocycles. The van der Waals surface area contributed by atoms with E-state index in [0.29, 0.717) is 22.3 Å². The van der Waals surface area contributed by atoms with Gasteiger partial charge in [0.15, 0.2) is 22.8 Å². The fourth-order valence-electron chi connectivity index (χ4n) is 11.2. The Labute approximate surface area is 410 Å². The normalized spacial score (nSPS) is 27.5. The van der Waals surface area contributed by atoms with Crippen molar-refractivity contribution in [3.05, 3.63) is 91.5 Å². The van der Waals surface area contributed by atoms with Crippen LogP contribution in [0.25, 0.3) is 11.5 Å². The second-order valence-corrected chi connectivity index (χ2v) is 19.2. The van der Waals surface area contributed by atoms with E-state index < -0.39 is 116 Å². The zero-order chi connectivity index (χ0) is 53.3. The standard InChI is InChI=1S/C24H27N3O8.C22H25N3O7.C2H3ClO/c1-9(28)26-8-10-4-5-14(29)16-12(10)6-11-7-13-18(27(2)3)20(31)17(23(25)34)22(33)24(13,35)21(32)15(11)19(16)30;1-25(2)16-11-6-9-5-10-8(7-23)3-4-12(26)14(10)17(27)13(9)19(29)22(11,32)20(30)15(18(16)28)21(24)31;1-2(3)4/h4-5,11,13,18,29-30,33,35H,6-8H2,1-3H3,(H2,25,34)(H,26,28);3-4,9,11,16,26-27,30,32H,5-7,23H2,1-2H3,(H2,24,31);1H3/t11?,13?,18?,24-;9?,11?,16?,22-;/m00./s1. The maximum Gasteiger partial charge on any atom is 0.255 e. The highest BCUT2D eigenvalue weighted by Gasteiger charge is 2.66. The number of aliphatic hydroxyl groups excluding tert-OH is 4. The number of hydrogen-bond donors (Lipinski definition) is 12. The first kappa shape index (κ1) is 53.4. The first-order chi connectivity index (χ1) is 33.0. The molecule has 2 fully saturated rings. The zero-order valence-electron chi connectivity index (χ0n) is 39.4. The van der Waals surface area contributed by atoms with Crippen molar-refractivity contribution in [2.45, 2.75) is 75.9 Å². The van der Waals surface area contributed by atoms with E-state index in [1.807, 2.05) is 0 Å². The number of phenols is 2. The quantitative estimate of drug-likeness (QED) is 0.126. The molecule has 2 aromatic rings. The van der Waals surface area contributed by atoms with Crippen molar-refractivity contribution >= 4 is 69.2 Å². The third-order valence-corrected chi connectivity index (χ3v) is 14.2. The van der Waals surface area contributed by atoms with E-state index in [2.05, 4.69) is 16.9 Å². The Bertz CT molecular complexity index is 2860. The van der Waals surface area contributed by atoms with Gasteiger partial charge in [-0.05, 0) is 112 Å². The molecule has 2 saturated carbocycles. The zero-order valence-corrected chi connectivity index (χ0v) is 40.1. The van der Waals surface area contributed by atoms with Crippen molar-refractivity contribution in [2.24, 2.45) is 40.9 Å². The minimum absolute atomic E-state index is 0.000987. The number of ketones is 4. The van der Waals surface area contributed by atoms with Crippen LogP contribution < -0.4 is 22.5 Å². The molecule has 71 heavy (non-hydrogen) atoms. The van der Waals surface area contributed by atoms with Crippen LogP contribution in [0.3, 0.4) is 0 Å². The van der Waals surface area contributed by atoms with Gasteiger partial charge in [-0.3, -0.25) is 48.2 Å². The molecular formula is C48H55ClN6O16. The SMILES string of the molecule is CC(=O)Cl.CC(=O)NCc1ccc(O)c2c1CC1CC3C(N(C)C)C(=O)C(C(N)=O)=C(O)[C@@]3(O)C(=O)C1=C2O.CN(C)C1C(=O)C(C(N)=O)=C(O)[C@@]2(O)C(=O)C3=C(O)c4c(O)ccc(CN)c4CC3CC12. The maximum atomic E-state index is 13.7. The summed E-state index contributed by atoms with van der Waals surface area (Å²) in [6.45, 7) is 2.91. The van der Waals surface area contributed by atoms with E-state index in [0.717, 1.165) is 0 Å². The number of hydrogen-bond acceptors (Lipinski definition) is 19. The number of nitrogens with one attached hydrogen (secondary N) is 1. The fraction of sp³-hybridized carbons (Fsp3) is 0.417. The largest absolute Gasteiger partial charge is 0.508 e. The van der Waals surface area contributed by atoms with Gasteiger partial charge in [-0.25, -0.2) is 0 Å². The summed E-state index contributed by atoms with van der Waals surface area (Å²) in [5.74, 6) is -13.9. The molecule has 380 valence electrons. The van der Waals surface area contributed by atoms with Crippen LogP contribution in [0.1, 0.15) is 60.1 Å². The Morgan fingerprint density at radius 1 is 0.662 bits per heavy atom. The number of halogens is 1. The summed E-state index contributed by atoms with van der Waals surface area (Å²) in [5, 5.41) is 89.9. The van der Waals surface area contributed by atoms with Gasteiger partial charge in [0.25, 0.3) is 11.8 Å². The molecule has 0 heterocycles. The summed E-state index contributed by atoms with van der Waals surface area (Å²) in [7, 11) is 6.18. The Hall–Kier alpha value is -6.95. The summed E-state index contributed by atoms with van der Waals surface area (Å²) in [5.41, 5.74) is 11.4. The molecular weight excluding hydrogens is 952 g/mol. The van der Waals surface area contributed by atoms with Gasteiger partial charge in [0.2, 0.25) is 22.7 Å². The van der Waals surface area contributed by atoms with E-state index >= 15 is 0 Å². The number of aliphatic hydroxyl groups is 6. The molecule has 0 spiro atoms. The van der Waals surface area contributed by atoms with Crippen molar-refractivity contribution in [3.8, 4) is 11.5 Å². The van der Waals surface area contributed by atoms with Crippen LogP contribution >= 0.6 is 11.6 Å². The molecule has 8 atom stereocenters. The van der Waals surface area contributed by atoms with E-state index in [1.165, 1.54) is 49.9 Å². The summed E-state index contributed by atoms with van der Waals surface area (Å²) >= 11 is 4.64. The van der Waals surface area contributed by atoms with Crippen LogP contribution in [-0.2, 0) is 64.3 Å². The van der Waals surface area contributed by atoms with Crippen molar-refractivity contribution in [1.82, 2.24) is 15.1 Å². The fourth-order valence-corrected chi connectivity index (χ4v) is 11.2. The first-order valence-electron chi connectivity index (χ1n) is 22.1. The lowest BCUT2D eigenvalue weighted by atomic mass is 9.57. The average Bonchev–Trinajstić information content (AvgIpc) is 3.25. The summed E-state index contributed by atoms with van der Waals surface area (Å²) < 4.78 is 0. The number of carbonyl (C=O) groups is 8. The van der Waals surface area contributed by atoms with Gasteiger partial charge < -0.3 is 63.4 Å². The summed E-state index contributed by atoms with van der Waals surface area (Å²) in [4.78, 5) is 101. The maximum absolute atomic E-state index is 13.7. The van der Waals surface area contributed by atoms with Crippen LogP contribution in [-0.4, -0.2) is 148 Å². The minimum Gasteiger partial charge on any atom is -0.508 e. The number of fused-ring (bicyclic) bond motifs is 6. The van der Waals surface area contributed by atoms with Crippen molar-refractivity contribution in [1.29, 1.82) is 0 Å². The number of Topliss-reactive ketones (excluding diaryl/α,β-unsaturated/α-hetero) is 4. The van der Waals surface area contributed by atoms with Gasteiger partial charge in [0, 0.05) is 49.9 Å². The Kier molecular flexibility index (Phi) is 14.5. The van der Waals surface area contributed by atoms with E-state index in [9.17, 15) is 79.2 Å². The van der Waals surface area contributed by atoms with Crippen LogP contribution in [0.15, 0.2) is 58.1 Å². The molecule has 0 aromatic heterocycles. The molecule has 6 unspecified atom stereocenters. The topological polar surface area (TPSA) is 395 Å². The number of aromatic hydroxyl groups is 2. The van der Waals surface area contributed by atoms with Gasteiger partial charge in [-0.15, -0.1) is 0 Å². The Morgan fingerprint density at radius 2 is 1.01 bits per heavy atom. The number of amides is 3. The molecule has 6 aliphatic rings. The van der Waals surface area contributed by atoms with Crippen molar-refractivity contribution < 1.29 is 79.2 Å². The van der Waals surface area contributed by atoms with Gasteiger partial charge in [-0.2, -0.15) is 0 Å². The molecule has 3 amide bonds. The van der Waals surface area contributed by atoms with Gasteiger partial charge >= 0.3 is 0 Å². The molecule has 6 aliphatic carbocycles. The lowest BCUT2D eigenvalue weighted by Crippen LogP contribution is -2.65. The molecule has 15 N–H and O–H groups in total. The first-order valence-corrected chi connectivity index (χ1v) is 22.5. The van der Waals surface area contributed by atoms with Gasteiger partial charge in [0.1, 0.15) is 45.7 Å². The highest BCUT2D eigenvalue weighted by atomic mass is 35.5. The van der Waals surface area contributed by atoms with Crippen LogP contribution in [0.5, 0.6) is 11.5 Å². The highest BCUT2D eigenvalue weighted by Crippen LogP contribution is 2.55. The molecule has 0 aliphatic heterocycles. The second kappa shape index (κ2) is 19.3. The number of phenolic OH excluding ortho intramolecular Hbond substituents is 2. The Morgan fingerprint density at radius 3 is 1.34 bits per heavy atom. The number of nitrogens with two attached hydrogens (primary N) is 3. The predicted octanol–water partition coefficient (Wildman–Crippen LogP) is -0.205. The van der Waals surface area contributed by atoms with Gasteiger partial charge in [0.05, 0.1) is 23.2 Å². The third kappa shape index (κ3) is 8.52. The lowest BCUT2D eigenvalue weighted by Gasteiger charge is -2.50. The van der Waals surface area contributed by atoms with Crippen molar-refractivity contribution in [3.63, 3.8) is 0 Å². The number of carbonyl (C=O) groups excluding carboxylic acids is 8. The molecule has 0 saturated heterocycles. The smallest absolute Gasteiger partial charge is 0.255 e. The second-order valence-electron chi connectivity index (χ2n) is 18.7.